The summed E-state index contributed by atoms with van der Waals surface area (Å²) in [6, 6.07) is 12.6. The molecule has 1 aromatic heterocycles. The maximum absolute atomic E-state index is 11.8. The van der Waals surface area contributed by atoms with Gasteiger partial charge in [-0.3, -0.25) is 4.98 Å². The van der Waals surface area contributed by atoms with Crippen LogP contribution in [0.5, 0.6) is 5.75 Å². The van der Waals surface area contributed by atoms with E-state index in [1.165, 1.54) is 25.5 Å². The number of aromatic nitrogens is 1. The van der Waals surface area contributed by atoms with Crippen molar-refractivity contribution in [2.24, 2.45) is 0 Å². The molecule has 0 bridgehead atoms. The van der Waals surface area contributed by atoms with E-state index in [1.54, 1.807) is 12.3 Å². The smallest absolute Gasteiger partial charge is 0.175 e. The monoisotopic (exact) mass is 386 g/mol. The van der Waals surface area contributed by atoms with Crippen molar-refractivity contribution in [1.29, 1.82) is 0 Å². The lowest BCUT2D eigenvalue weighted by molar-refractivity contribution is 0.416. The van der Waals surface area contributed by atoms with Gasteiger partial charge in [-0.25, -0.2) is 8.42 Å². The van der Waals surface area contributed by atoms with Crippen molar-refractivity contribution in [1.82, 2.24) is 4.98 Å². The topological polar surface area (TPSA) is 68.3 Å². The Morgan fingerprint density at radius 3 is 2.77 bits per heavy atom. The Kier molecular flexibility index (Phi) is 5.20. The van der Waals surface area contributed by atoms with Gasteiger partial charge in [-0.1, -0.05) is 30.4 Å². The average molecular weight is 386 g/mol. The van der Waals surface area contributed by atoms with Crippen LogP contribution in [-0.2, 0) is 16.3 Å². The van der Waals surface area contributed by atoms with Crippen LogP contribution < -0.4 is 10.1 Å². The van der Waals surface area contributed by atoms with Crippen LogP contribution in [0.4, 0.5) is 5.69 Å². The first-order valence-electron chi connectivity index (χ1n) is 7.88. The molecule has 0 amide bonds. The van der Waals surface area contributed by atoms with Crippen LogP contribution in [0.15, 0.2) is 59.8 Å². The van der Waals surface area contributed by atoms with E-state index in [0.717, 1.165) is 16.3 Å². The molecule has 0 saturated heterocycles. The first kappa shape index (κ1) is 18.3. The average Bonchev–Trinajstić information content (AvgIpc) is 2.61. The number of pyridine rings is 1. The van der Waals surface area contributed by atoms with E-state index in [0.29, 0.717) is 22.8 Å². The van der Waals surface area contributed by atoms with Gasteiger partial charge in [-0.05, 0) is 35.2 Å². The molecule has 0 atom stereocenters. The van der Waals surface area contributed by atoms with Crippen LogP contribution in [0.1, 0.15) is 5.56 Å². The highest BCUT2D eigenvalue weighted by Gasteiger charge is 2.13. The summed E-state index contributed by atoms with van der Waals surface area (Å²) in [5.41, 5.74) is 1.60. The predicted molar refractivity (Wildman–Crippen MR) is 108 cm³/mol. The number of methoxy groups -OCH3 is 1. The molecule has 0 spiro atoms. The number of sulfone groups is 1. The molecule has 0 aliphatic heterocycles. The van der Waals surface area contributed by atoms with Crippen LogP contribution in [-0.4, -0.2) is 31.8 Å². The SMILES string of the molecule is COc1ccc(S(C)(=O)=O)cc1NC(=S)Cc1cccc2cnccc12. The molecule has 0 aliphatic carbocycles. The molecular weight excluding hydrogens is 368 g/mol. The summed E-state index contributed by atoms with van der Waals surface area (Å²) in [5, 5.41) is 5.25. The summed E-state index contributed by atoms with van der Waals surface area (Å²) in [7, 11) is -1.79. The van der Waals surface area contributed by atoms with Crippen molar-refractivity contribution in [3.8, 4) is 5.75 Å². The molecule has 0 saturated carbocycles. The van der Waals surface area contributed by atoms with Gasteiger partial charge in [0.15, 0.2) is 9.84 Å². The third kappa shape index (κ3) is 4.00. The van der Waals surface area contributed by atoms with E-state index in [4.69, 9.17) is 17.0 Å². The van der Waals surface area contributed by atoms with Crippen LogP contribution in [0.2, 0.25) is 0 Å². The molecule has 7 heteroatoms. The van der Waals surface area contributed by atoms with E-state index < -0.39 is 9.84 Å². The van der Waals surface area contributed by atoms with Crippen molar-refractivity contribution in [2.45, 2.75) is 11.3 Å². The second-order valence-corrected chi connectivity index (χ2v) is 8.38. The Hall–Kier alpha value is -2.51. The zero-order valence-electron chi connectivity index (χ0n) is 14.4. The van der Waals surface area contributed by atoms with E-state index in [-0.39, 0.29) is 4.90 Å². The Labute approximate surface area is 157 Å². The maximum atomic E-state index is 11.8. The fourth-order valence-electron chi connectivity index (χ4n) is 2.73. The molecule has 26 heavy (non-hydrogen) atoms. The highest BCUT2D eigenvalue weighted by molar-refractivity contribution is 7.90. The standard InChI is InChI=1S/C19H18N2O3S2/c1-24-18-7-6-15(26(2,22)23)11-17(18)21-19(25)10-13-4-3-5-14-12-20-9-8-16(13)14/h3-9,11-12H,10H2,1-2H3,(H,21,25). The molecule has 1 heterocycles. The second kappa shape index (κ2) is 7.39. The third-order valence-corrected chi connectivity index (χ3v) is 5.35. The van der Waals surface area contributed by atoms with Gasteiger partial charge < -0.3 is 10.1 Å². The fraction of sp³-hybridized carbons (Fsp3) is 0.158. The summed E-state index contributed by atoms with van der Waals surface area (Å²) >= 11 is 5.49. The van der Waals surface area contributed by atoms with Gasteiger partial charge in [0.25, 0.3) is 0 Å². The van der Waals surface area contributed by atoms with Crippen LogP contribution >= 0.6 is 12.2 Å². The van der Waals surface area contributed by atoms with Gasteiger partial charge in [-0.15, -0.1) is 0 Å². The molecule has 3 aromatic rings. The van der Waals surface area contributed by atoms with Gasteiger partial charge in [0.1, 0.15) is 5.75 Å². The predicted octanol–water partition coefficient (Wildman–Crippen LogP) is 3.63. The number of benzene rings is 2. The van der Waals surface area contributed by atoms with E-state index >= 15 is 0 Å². The van der Waals surface area contributed by atoms with Gasteiger partial charge in [0.05, 0.1) is 22.7 Å². The lowest BCUT2D eigenvalue weighted by Crippen LogP contribution is -2.13. The summed E-state index contributed by atoms with van der Waals surface area (Å²) in [6.45, 7) is 0. The number of anilines is 1. The summed E-state index contributed by atoms with van der Waals surface area (Å²) in [6.07, 6.45) is 5.25. The Morgan fingerprint density at radius 2 is 2.04 bits per heavy atom. The van der Waals surface area contributed by atoms with Gasteiger partial charge in [0.2, 0.25) is 0 Å². The highest BCUT2D eigenvalue weighted by Crippen LogP contribution is 2.28. The minimum absolute atomic E-state index is 0.208. The van der Waals surface area contributed by atoms with Gasteiger partial charge in [0, 0.05) is 30.5 Å². The molecule has 3 rings (SSSR count). The molecule has 5 nitrogen and oxygen atoms in total. The first-order valence-corrected chi connectivity index (χ1v) is 10.2. The maximum Gasteiger partial charge on any atom is 0.175 e. The highest BCUT2D eigenvalue weighted by atomic mass is 32.2. The van der Waals surface area contributed by atoms with Crippen LogP contribution in [0.3, 0.4) is 0 Å². The molecular formula is C19H18N2O3S2. The number of fused-ring (bicyclic) bond motifs is 1. The van der Waals surface area contributed by atoms with Crippen LogP contribution in [0, 0.1) is 0 Å². The van der Waals surface area contributed by atoms with Crippen molar-refractivity contribution in [3.05, 3.63) is 60.4 Å². The van der Waals surface area contributed by atoms with Crippen LogP contribution in [0.25, 0.3) is 10.8 Å². The Bertz CT molecular complexity index is 1070. The number of thiocarbonyl (C=S) groups is 1. The number of hydrogen-bond donors (Lipinski definition) is 1. The third-order valence-electron chi connectivity index (χ3n) is 4.00. The second-order valence-electron chi connectivity index (χ2n) is 5.87. The Morgan fingerprint density at radius 1 is 1.23 bits per heavy atom. The number of ether oxygens (including phenoxy) is 1. The molecule has 0 radical (unpaired) electrons. The van der Waals surface area contributed by atoms with Crippen molar-refractivity contribution < 1.29 is 13.2 Å². The normalized spacial score (nSPS) is 11.3. The number of nitrogens with one attached hydrogen (secondary N) is 1. The molecule has 1 N–H and O–H groups in total. The van der Waals surface area contributed by atoms with Crippen molar-refractivity contribution in [3.63, 3.8) is 0 Å². The van der Waals surface area contributed by atoms with E-state index in [9.17, 15) is 8.42 Å². The van der Waals surface area contributed by atoms with E-state index in [2.05, 4.69) is 10.3 Å². The zero-order valence-corrected chi connectivity index (χ0v) is 16.0. The minimum Gasteiger partial charge on any atom is -0.495 e. The summed E-state index contributed by atoms with van der Waals surface area (Å²) < 4.78 is 28.9. The zero-order chi connectivity index (χ0) is 18.7. The summed E-state index contributed by atoms with van der Waals surface area (Å²) in [4.78, 5) is 4.91. The first-order chi connectivity index (χ1) is 12.4. The molecule has 0 aliphatic rings. The quantitative estimate of drug-likeness (QED) is 0.676. The minimum atomic E-state index is -3.32. The summed E-state index contributed by atoms with van der Waals surface area (Å²) in [5.74, 6) is 0.530. The lowest BCUT2D eigenvalue weighted by atomic mass is 10.0. The molecule has 2 aromatic carbocycles. The number of rotatable bonds is 5. The van der Waals surface area contributed by atoms with Gasteiger partial charge >= 0.3 is 0 Å². The Balaban J connectivity index is 1.88. The van der Waals surface area contributed by atoms with Crippen molar-refractivity contribution in [2.75, 3.05) is 18.7 Å². The molecule has 0 fully saturated rings. The fourth-order valence-corrected chi connectivity index (χ4v) is 3.64. The molecule has 0 unspecified atom stereocenters. The van der Waals surface area contributed by atoms with Crippen molar-refractivity contribution >= 4 is 43.5 Å². The largest absolute Gasteiger partial charge is 0.495 e. The number of nitrogens with zero attached hydrogens (tertiary/aromatic N) is 1. The lowest BCUT2D eigenvalue weighted by Gasteiger charge is -2.14. The molecule has 134 valence electrons. The number of hydrogen-bond acceptors (Lipinski definition) is 5. The van der Waals surface area contributed by atoms with E-state index in [1.807, 2.05) is 30.5 Å². The van der Waals surface area contributed by atoms with Gasteiger partial charge in [-0.2, -0.15) is 0 Å².